The predicted molar refractivity (Wildman–Crippen MR) is 65.1 cm³/mol. The van der Waals surface area contributed by atoms with Crippen LogP contribution in [0, 0.1) is 5.92 Å². The zero-order chi connectivity index (χ0) is 13.7. The number of piperidine rings is 1. The van der Waals surface area contributed by atoms with Gasteiger partial charge in [0.1, 0.15) is 11.6 Å². The van der Waals surface area contributed by atoms with Crippen molar-refractivity contribution in [1.29, 1.82) is 0 Å². The maximum Gasteiger partial charge on any atom is 0.411 e. The summed E-state index contributed by atoms with van der Waals surface area (Å²) in [7, 11) is 0. The minimum absolute atomic E-state index is 0.0709. The Bertz CT molecular complexity index is 410. The van der Waals surface area contributed by atoms with Crippen molar-refractivity contribution in [2.45, 2.75) is 51.3 Å². The molecule has 1 aliphatic carbocycles. The van der Waals surface area contributed by atoms with E-state index < -0.39 is 23.7 Å². The van der Waals surface area contributed by atoms with E-state index in [4.69, 9.17) is 4.74 Å². The number of amides is 1. The van der Waals surface area contributed by atoms with Gasteiger partial charge in [-0.3, -0.25) is 4.90 Å². The van der Waals surface area contributed by atoms with Gasteiger partial charge in [0.05, 0.1) is 0 Å². The molecule has 2 bridgehead atoms. The number of fused-ring (bicyclic) bond motifs is 2. The Morgan fingerprint density at radius 3 is 2.56 bits per heavy atom. The lowest BCUT2D eigenvalue weighted by atomic mass is 9.95. The molecule has 1 heterocycles. The van der Waals surface area contributed by atoms with Gasteiger partial charge in [-0.05, 0) is 33.6 Å². The highest BCUT2D eigenvalue weighted by molar-refractivity contribution is 5.83. The summed E-state index contributed by atoms with van der Waals surface area (Å²) in [6.07, 6.45) is 0.845. The van der Waals surface area contributed by atoms with Crippen LogP contribution in [0.5, 0.6) is 0 Å². The molecule has 3 atom stereocenters. The first-order valence-corrected chi connectivity index (χ1v) is 6.12. The second-order valence-corrected chi connectivity index (χ2v) is 6.03. The number of likely N-dealkylation sites (tertiary alicyclic amines) is 1. The Morgan fingerprint density at radius 2 is 2.06 bits per heavy atom. The number of rotatable bonds is 1. The van der Waals surface area contributed by atoms with Crippen molar-refractivity contribution in [1.82, 2.24) is 4.90 Å². The van der Waals surface area contributed by atoms with E-state index in [2.05, 4.69) is 6.58 Å². The van der Waals surface area contributed by atoms with E-state index in [0.29, 0.717) is 12.8 Å². The van der Waals surface area contributed by atoms with Crippen LogP contribution in [0.15, 0.2) is 12.2 Å². The molecule has 2 aliphatic rings. The van der Waals surface area contributed by atoms with Crippen molar-refractivity contribution in [3.8, 4) is 0 Å². The lowest BCUT2D eigenvalue weighted by Crippen LogP contribution is -2.51. The molecule has 18 heavy (non-hydrogen) atoms. The van der Waals surface area contributed by atoms with Gasteiger partial charge in [0, 0.05) is 12.0 Å². The SMILES string of the molecule is C=C1C[C@@H]2C[C@H]1[C@@H](C(=O)O)N2C(=O)OC(C)(C)C. The van der Waals surface area contributed by atoms with Crippen molar-refractivity contribution in [3.63, 3.8) is 0 Å². The smallest absolute Gasteiger partial charge is 0.411 e. The molecule has 1 amide bonds. The normalized spacial score (nSPS) is 30.7. The summed E-state index contributed by atoms with van der Waals surface area (Å²) in [5.41, 5.74) is 0.325. The number of hydrogen-bond donors (Lipinski definition) is 1. The van der Waals surface area contributed by atoms with Crippen LogP contribution >= 0.6 is 0 Å². The minimum Gasteiger partial charge on any atom is -0.480 e. The number of hydrogen-bond acceptors (Lipinski definition) is 3. The molecule has 2 rings (SSSR count). The van der Waals surface area contributed by atoms with Gasteiger partial charge >= 0.3 is 12.1 Å². The second-order valence-electron chi connectivity index (χ2n) is 6.03. The van der Waals surface area contributed by atoms with Crippen LogP contribution in [0.3, 0.4) is 0 Å². The van der Waals surface area contributed by atoms with Crippen molar-refractivity contribution >= 4 is 12.1 Å². The number of carboxylic acid groups (broad SMARTS) is 1. The number of nitrogens with zero attached hydrogens (tertiary/aromatic N) is 1. The lowest BCUT2D eigenvalue weighted by molar-refractivity contribution is -0.144. The third-order valence-electron chi connectivity index (χ3n) is 3.48. The maximum atomic E-state index is 12.1. The molecule has 1 aliphatic heterocycles. The summed E-state index contributed by atoms with van der Waals surface area (Å²) >= 11 is 0. The Hall–Kier alpha value is -1.52. The average molecular weight is 253 g/mol. The minimum atomic E-state index is -0.978. The van der Waals surface area contributed by atoms with E-state index in [9.17, 15) is 14.7 Å². The number of carbonyl (C=O) groups is 2. The maximum absolute atomic E-state index is 12.1. The van der Waals surface area contributed by atoms with Gasteiger partial charge in [0.15, 0.2) is 0 Å². The summed E-state index contributed by atoms with van der Waals surface area (Å²) in [5.74, 6) is -1.10. The van der Waals surface area contributed by atoms with Gasteiger partial charge < -0.3 is 9.84 Å². The largest absolute Gasteiger partial charge is 0.480 e. The number of carboxylic acids is 1. The number of aliphatic carboxylic acids is 1. The van der Waals surface area contributed by atoms with Gasteiger partial charge in [-0.15, -0.1) is 0 Å². The van der Waals surface area contributed by atoms with Gasteiger partial charge in [-0.1, -0.05) is 12.2 Å². The molecule has 0 aromatic rings. The fourth-order valence-corrected chi connectivity index (χ4v) is 2.85. The van der Waals surface area contributed by atoms with Crippen molar-refractivity contribution in [2.75, 3.05) is 0 Å². The van der Waals surface area contributed by atoms with Crippen molar-refractivity contribution in [3.05, 3.63) is 12.2 Å². The predicted octanol–water partition coefficient (Wildman–Crippen LogP) is 2.03. The third-order valence-corrected chi connectivity index (χ3v) is 3.48. The fraction of sp³-hybridized carbons (Fsp3) is 0.692. The molecule has 1 saturated carbocycles. The molecule has 1 N–H and O–H groups in total. The topological polar surface area (TPSA) is 66.8 Å². The molecular formula is C13H19NO4. The van der Waals surface area contributed by atoms with Crippen LogP contribution < -0.4 is 0 Å². The highest BCUT2D eigenvalue weighted by atomic mass is 16.6. The molecule has 2 fully saturated rings. The average Bonchev–Trinajstić information content (AvgIpc) is 2.69. The zero-order valence-electron chi connectivity index (χ0n) is 11.0. The van der Waals surface area contributed by atoms with E-state index in [1.54, 1.807) is 20.8 Å². The molecule has 0 radical (unpaired) electrons. The number of ether oxygens (including phenoxy) is 1. The van der Waals surface area contributed by atoms with Crippen LogP contribution in [-0.4, -0.2) is 39.8 Å². The quantitative estimate of drug-likeness (QED) is 0.726. The third kappa shape index (κ3) is 2.09. The molecule has 5 heteroatoms. The van der Waals surface area contributed by atoms with Crippen LogP contribution in [0.25, 0.3) is 0 Å². The van der Waals surface area contributed by atoms with Gasteiger partial charge in [-0.2, -0.15) is 0 Å². The summed E-state index contributed by atoms with van der Waals surface area (Å²) in [6, 6.07) is -0.885. The Labute approximate surface area is 106 Å². The lowest BCUT2D eigenvalue weighted by Gasteiger charge is -2.34. The molecule has 0 aromatic carbocycles. The van der Waals surface area contributed by atoms with Crippen LogP contribution in [0.1, 0.15) is 33.6 Å². The van der Waals surface area contributed by atoms with Crippen LogP contribution in [0.4, 0.5) is 4.79 Å². The van der Waals surface area contributed by atoms with E-state index in [-0.39, 0.29) is 12.0 Å². The Balaban J connectivity index is 2.20. The molecule has 5 nitrogen and oxygen atoms in total. The standard InChI is InChI=1S/C13H19NO4/c1-7-5-8-6-9(7)10(11(15)16)14(8)12(17)18-13(2,3)4/h8-10H,1,5-6H2,2-4H3,(H,15,16)/t8-,9-,10+/m1/s1. The zero-order valence-corrected chi connectivity index (χ0v) is 11.0. The summed E-state index contributed by atoms with van der Waals surface area (Å²) in [5, 5.41) is 9.28. The van der Waals surface area contributed by atoms with E-state index in [0.717, 1.165) is 5.57 Å². The molecule has 0 unspecified atom stereocenters. The first-order valence-electron chi connectivity index (χ1n) is 6.12. The summed E-state index contributed by atoms with van der Waals surface area (Å²) in [6.45, 7) is 9.21. The molecule has 0 spiro atoms. The monoisotopic (exact) mass is 253 g/mol. The van der Waals surface area contributed by atoms with E-state index in [1.807, 2.05) is 0 Å². The van der Waals surface area contributed by atoms with Crippen LogP contribution in [0.2, 0.25) is 0 Å². The number of carbonyl (C=O) groups excluding carboxylic acids is 1. The van der Waals surface area contributed by atoms with Crippen molar-refractivity contribution < 1.29 is 19.4 Å². The first kappa shape index (κ1) is 12.9. The second kappa shape index (κ2) is 4.00. The van der Waals surface area contributed by atoms with Gasteiger partial charge in [0.25, 0.3) is 0 Å². The van der Waals surface area contributed by atoms with E-state index >= 15 is 0 Å². The van der Waals surface area contributed by atoms with Gasteiger partial charge in [0.2, 0.25) is 0 Å². The van der Waals surface area contributed by atoms with Crippen LogP contribution in [-0.2, 0) is 9.53 Å². The summed E-state index contributed by atoms with van der Waals surface area (Å²) < 4.78 is 5.28. The summed E-state index contributed by atoms with van der Waals surface area (Å²) in [4.78, 5) is 24.8. The Morgan fingerprint density at radius 1 is 1.44 bits per heavy atom. The molecule has 1 saturated heterocycles. The first-order chi connectivity index (χ1) is 8.20. The van der Waals surface area contributed by atoms with Crippen molar-refractivity contribution in [2.24, 2.45) is 5.92 Å². The molecule has 0 aromatic heterocycles. The highest BCUT2D eigenvalue weighted by Gasteiger charge is 2.54. The molecular weight excluding hydrogens is 234 g/mol. The fourth-order valence-electron chi connectivity index (χ4n) is 2.85. The Kier molecular flexibility index (Phi) is 2.87. The van der Waals surface area contributed by atoms with E-state index in [1.165, 1.54) is 4.90 Å². The highest BCUT2D eigenvalue weighted by Crippen LogP contribution is 2.45. The molecule has 100 valence electrons. The van der Waals surface area contributed by atoms with Gasteiger partial charge in [-0.25, -0.2) is 9.59 Å².